The van der Waals surface area contributed by atoms with Gasteiger partial charge in [-0.3, -0.25) is 14.6 Å². The van der Waals surface area contributed by atoms with Crippen molar-refractivity contribution in [3.8, 4) is 11.5 Å². The van der Waals surface area contributed by atoms with Gasteiger partial charge in [0.05, 0.1) is 5.02 Å². The van der Waals surface area contributed by atoms with Crippen LogP contribution in [-0.4, -0.2) is 27.9 Å². The van der Waals surface area contributed by atoms with Crippen LogP contribution in [0, 0.1) is 19.8 Å². The molecule has 0 bridgehead atoms. The number of aromatic nitrogens is 2. The number of ether oxygens (including phenoxy) is 2. The van der Waals surface area contributed by atoms with Crippen LogP contribution in [0.4, 0.5) is 0 Å². The Bertz CT molecular complexity index is 1420. The Morgan fingerprint density at radius 1 is 1.18 bits per heavy atom. The molecule has 3 aromatic rings. The van der Waals surface area contributed by atoms with Crippen molar-refractivity contribution in [2.75, 3.05) is 6.26 Å². The lowest BCUT2D eigenvalue weighted by Gasteiger charge is -2.37. The van der Waals surface area contributed by atoms with Crippen molar-refractivity contribution in [2.24, 2.45) is 5.92 Å². The Labute approximate surface area is 231 Å². The molecule has 1 atom stereocenters. The van der Waals surface area contributed by atoms with Crippen molar-refractivity contribution in [2.45, 2.75) is 69.6 Å². The van der Waals surface area contributed by atoms with Gasteiger partial charge in [-0.2, -0.15) is 0 Å². The summed E-state index contributed by atoms with van der Waals surface area (Å²) in [6, 6.07) is 9.60. The first-order chi connectivity index (χ1) is 18.2. The smallest absolute Gasteiger partial charge is 0.254 e. The fourth-order valence-electron chi connectivity index (χ4n) is 5.58. The molecule has 1 aliphatic heterocycles. The maximum Gasteiger partial charge on any atom is 0.254 e. The van der Waals surface area contributed by atoms with Gasteiger partial charge in [0.25, 0.3) is 17.3 Å². The number of aryl methyl sites for hydroxylation is 1. The number of aromatic amines is 1. The second-order valence-corrected chi connectivity index (χ2v) is 11.5. The molecule has 9 heteroatoms. The van der Waals surface area contributed by atoms with Crippen LogP contribution in [0.3, 0.4) is 0 Å². The molecule has 0 spiro atoms. The van der Waals surface area contributed by atoms with Crippen LogP contribution in [0.15, 0.2) is 46.2 Å². The number of thioether (sulfide) groups is 1. The molecule has 1 saturated carbocycles. The van der Waals surface area contributed by atoms with Crippen molar-refractivity contribution < 1.29 is 14.3 Å². The quantitative estimate of drug-likeness (QED) is 0.355. The molecule has 200 valence electrons. The number of H-pyrrole nitrogens is 1. The summed E-state index contributed by atoms with van der Waals surface area (Å²) in [5.41, 5.74) is 3.30. The predicted octanol–water partition coefficient (Wildman–Crippen LogP) is 6.15. The van der Waals surface area contributed by atoms with E-state index in [0.29, 0.717) is 39.1 Å². The fraction of sp³-hybridized carbons (Fsp3) is 0.414. The highest BCUT2D eigenvalue weighted by atomic mass is 35.5. The van der Waals surface area contributed by atoms with Gasteiger partial charge in [-0.1, -0.05) is 17.7 Å². The number of carbonyl (C=O) groups excluding carboxylic acids is 1. The van der Waals surface area contributed by atoms with E-state index in [4.69, 9.17) is 21.1 Å². The number of carbonyl (C=O) groups is 1. The van der Waals surface area contributed by atoms with E-state index in [1.54, 1.807) is 6.07 Å². The number of benzene rings is 1. The lowest BCUT2D eigenvalue weighted by molar-refractivity contribution is -0.121. The maximum absolute atomic E-state index is 13.2. The summed E-state index contributed by atoms with van der Waals surface area (Å²) < 4.78 is 12.8. The highest BCUT2D eigenvalue weighted by Gasteiger charge is 2.47. The van der Waals surface area contributed by atoms with Gasteiger partial charge >= 0.3 is 0 Å². The van der Waals surface area contributed by atoms with Crippen molar-refractivity contribution >= 4 is 29.3 Å². The van der Waals surface area contributed by atoms with E-state index < -0.39 is 5.79 Å². The average Bonchev–Trinajstić information content (AvgIpc) is 3.30. The molecule has 1 fully saturated rings. The Balaban J connectivity index is 1.31. The average molecular weight is 554 g/mol. The second-order valence-electron chi connectivity index (χ2n) is 10.2. The number of pyridine rings is 2. The molecule has 2 aromatic heterocycles. The number of halogens is 1. The molecule has 1 aliphatic carbocycles. The van der Waals surface area contributed by atoms with Crippen LogP contribution in [-0.2, 0) is 6.54 Å². The third-order valence-corrected chi connectivity index (χ3v) is 8.83. The summed E-state index contributed by atoms with van der Waals surface area (Å²) >= 11 is 8.09. The monoisotopic (exact) mass is 553 g/mol. The van der Waals surface area contributed by atoms with Gasteiger partial charge in [-0.25, -0.2) is 0 Å². The molecule has 2 aliphatic rings. The minimum Gasteiger partial charge on any atom is -0.448 e. The third-order valence-electron chi connectivity index (χ3n) is 7.74. The maximum atomic E-state index is 13.2. The summed E-state index contributed by atoms with van der Waals surface area (Å²) in [4.78, 5) is 33.9. The highest BCUT2D eigenvalue weighted by molar-refractivity contribution is 7.98. The summed E-state index contributed by atoms with van der Waals surface area (Å²) in [6.07, 6.45) is 7.66. The Hall–Kier alpha value is -2.97. The Kier molecular flexibility index (Phi) is 7.47. The third kappa shape index (κ3) is 5.04. The SMILES string of the molecule is CSc1cc(C)[nH]c(=O)c1CNC(=O)c1cc(Cl)c2c(c1C)O[C@](C)(C1CCC(c3ccccn3)CC1)O2. The standard InChI is InChI=1S/C29H32ClN3O4S/c1-16-13-24(38-4)21(28(35)33-16)15-32-27(34)20-14-22(30)26-25(17(20)2)36-29(3,37-26)19-10-8-18(9-11-19)23-7-5-6-12-31-23/h5-7,12-14,18-19H,8-11,15H2,1-4H3,(H,32,34)(H,33,35)/t18?,19?,29-/m0/s1. The Morgan fingerprint density at radius 3 is 2.61 bits per heavy atom. The summed E-state index contributed by atoms with van der Waals surface area (Å²) in [6.45, 7) is 5.74. The lowest BCUT2D eigenvalue weighted by atomic mass is 9.77. The molecule has 1 aromatic carbocycles. The van der Waals surface area contributed by atoms with E-state index in [0.717, 1.165) is 42.0 Å². The van der Waals surface area contributed by atoms with E-state index in [1.807, 2.05) is 51.4 Å². The van der Waals surface area contributed by atoms with Gasteiger partial charge in [0.2, 0.25) is 0 Å². The lowest BCUT2D eigenvalue weighted by Crippen LogP contribution is -2.44. The van der Waals surface area contributed by atoms with E-state index in [-0.39, 0.29) is 23.9 Å². The molecule has 2 N–H and O–H groups in total. The Morgan fingerprint density at radius 2 is 1.92 bits per heavy atom. The van der Waals surface area contributed by atoms with Crippen LogP contribution in [0.5, 0.6) is 11.5 Å². The van der Waals surface area contributed by atoms with Gasteiger partial charge in [-0.15, -0.1) is 11.8 Å². The molecule has 1 amide bonds. The fourth-order valence-corrected chi connectivity index (χ4v) is 6.52. The summed E-state index contributed by atoms with van der Waals surface area (Å²) in [5, 5.41) is 3.21. The summed E-state index contributed by atoms with van der Waals surface area (Å²) in [7, 11) is 0. The first-order valence-corrected chi connectivity index (χ1v) is 14.5. The minimum atomic E-state index is -0.858. The van der Waals surface area contributed by atoms with Crippen molar-refractivity contribution in [3.63, 3.8) is 0 Å². The van der Waals surface area contributed by atoms with Crippen molar-refractivity contribution in [1.82, 2.24) is 15.3 Å². The van der Waals surface area contributed by atoms with E-state index in [9.17, 15) is 9.59 Å². The molecule has 5 rings (SSSR count). The number of rotatable bonds is 6. The van der Waals surface area contributed by atoms with Gasteiger partial charge in [-0.05, 0) is 70.1 Å². The topological polar surface area (TPSA) is 93.3 Å². The zero-order valence-corrected chi connectivity index (χ0v) is 23.6. The number of nitrogens with zero attached hydrogens (tertiary/aromatic N) is 1. The number of nitrogens with one attached hydrogen (secondary N) is 2. The molecular formula is C29H32ClN3O4S. The van der Waals surface area contributed by atoms with E-state index in [1.165, 1.54) is 11.8 Å². The van der Waals surface area contributed by atoms with Gasteiger partial charge < -0.3 is 19.8 Å². The largest absolute Gasteiger partial charge is 0.448 e. The highest BCUT2D eigenvalue weighted by Crippen LogP contribution is 2.52. The van der Waals surface area contributed by atoms with Gasteiger partial charge in [0.1, 0.15) is 0 Å². The zero-order chi connectivity index (χ0) is 27.0. The van der Waals surface area contributed by atoms with Crippen LogP contribution in [0.25, 0.3) is 0 Å². The van der Waals surface area contributed by atoms with Crippen molar-refractivity contribution in [1.29, 1.82) is 0 Å². The zero-order valence-electron chi connectivity index (χ0n) is 22.0. The van der Waals surface area contributed by atoms with Gasteiger partial charge in [0, 0.05) is 64.5 Å². The number of hydrogen-bond donors (Lipinski definition) is 2. The molecule has 7 nitrogen and oxygen atoms in total. The van der Waals surface area contributed by atoms with Crippen LogP contribution >= 0.6 is 23.4 Å². The molecule has 38 heavy (non-hydrogen) atoms. The second kappa shape index (κ2) is 10.7. The first-order valence-electron chi connectivity index (χ1n) is 12.9. The van der Waals surface area contributed by atoms with Crippen molar-refractivity contribution in [3.05, 3.63) is 80.0 Å². The minimum absolute atomic E-state index is 0.105. The first kappa shape index (κ1) is 26.6. The number of hydrogen-bond acceptors (Lipinski definition) is 6. The predicted molar refractivity (Wildman–Crippen MR) is 150 cm³/mol. The van der Waals surface area contributed by atoms with Crippen LogP contribution in [0.2, 0.25) is 5.02 Å². The van der Waals surface area contributed by atoms with E-state index >= 15 is 0 Å². The molecule has 0 radical (unpaired) electrons. The molecule has 0 unspecified atom stereocenters. The molecular weight excluding hydrogens is 522 g/mol. The van der Waals surface area contributed by atoms with Crippen LogP contribution in [0.1, 0.15) is 71.4 Å². The molecule has 3 heterocycles. The normalized spacial score (nSPS) is 22.3. The number of fused-ring (bicyclic) bond motifs is 1. The van der Waals surface area contributed by atoms with Gasteiger partial charge in [0.15, 0.2) is 11.5 Å². The summed E-state index contributed by atoms with van der Waals surface area (Å²) in [5.74, 6) is 0.425. The molecule has 0 saturated heterocycles. The van der Waals surface area contributed by atoms with Crippen LogP contribution < -0.4 is 20.3 Å². The number of amides is 1. The van der Waals surface area contributed by atoms with E-state index in [2.05, 4.69) is 21.4 Å².